The van der Waals surface area contributed by atoms with Gasteiger partial charge in [-0.2, -0.15) is 5.26 Å². The Kier molecular flexibility index (Phi) is 2.94. The first kappa shape index (κ1) is 12.0. The van der Waals surface area contributed by atoms with Crippen LogP contribution >= 0.6 is 0 Å². The van der Waals surface area contributed by atoms with Gasteiger partial charge in [-0.15, -0.1) is 0 Å². The van der Waals surface area contributed by atoms with E-state index in [1.165, 1.54) is 12.3 Å². The summed E-state index contributed by atoms with van der Waals surface area (Å²) in [6.45, 7) is 0. The van der Waals surface area contributed by atoms with E-state index in [-0.39, 0.29) is 5.75 Å². The van der Waals surface area contributed by atoms with Crippen LogP contribution in [0.1, 0.15) is 5.56 Å². The quantitative estimate of drug-likeness (QED) is 0.766. The molecule has 0 radical (unpaired) electrons. The van der Waals surface area contributed by atoms with E-state index in [4.69, 9.17) is 4.74 Å². The number of nitriles is 1. The molecule has 4 nitrogen and oxygen atoms in total. The Morgan fingerprint density at radius 3 is 2.75 bits per heavy atom. The van der Waals surface area contributed by atoms with E-state index in [0.29, 0.717) is 17.1 Å². The number of ether oxygens (including phenoxy) is 1. The molecule has 3 rings (SSSR count). The number of hydrogen-bond acceptors (Lipinski definition) is 4. The fraction of sp³-hybridized carbons (Fsp3) is 0. The minimum atomic E-state index is 0.111. The van der Waals surface area contributed by atoms with Gasteiger partial charge in [0.25, 0.3) is 0 Å². The number of hydrogen-bond donors (Lipinski definition) is 1. The lowest BCUT2D eigenvalue weighted by Gasteiger charge is -2.10. The molecule has 1 N–H and O–H groups in total. The number of para-hydroxylation sites is 1. The van der Waals surface area contributed by atoms with Crippen LogP contribution < -0.4 is 4.74 Å². The van der Waals surface area contributed by atoms with Crippen LogP contribution in [0.4, 0.5) is 0 Å². The normalized spacial score (nSPS) is 10.2. The smallest absolute Gasteiger partial charge is 0.156 e. The van der Waals surface area contributed by atoms with Gasteiger partial charge in [0.1, 0.15) is 23.1 Å². The second-order valence-corrected chi connectivity index (χ2v) is 4.23. The van der Waals surface area contributed by atoms with Gasteiger partial charge in [-0.25, -0.2) is 0 Å². The fourth-order valence-corrected chi connectivity index (χ4v) is 1.97. The van der Waals surface area contributed by atoms with Crippen LogP contribution in [0.3, 0.4) is 0 Å². The van der Waals surface area contributed by atoms with Gasteiger partial charge < -0.3 is 9.84 Å². The van der Waals surface area contributed by atoms with Crippen LogP contribution in [0.2, 0.25) is 0 Å². The molecule has 0 unspecified atom stereocenters. The summed E-state index contributed by atoms with van der Waals surface area (Å²) >= 11 is 0. The number of phenols is 1. The molecule has 0 aliphatic carbocycles. The van der Waals surface area contributed by atoms with Crippen LogP contribution in [0, 0.1) is 11.3 Å². The van der Waals surface area contributed by atoms with Crippen molar-refractivity contribution < 1.29 is 9.84 Å². The predicted molar refractivity (Wildman–Crippen MR) is 74.6 cm³/mol. The molecule has 20 heavy (non-hydrogen) atoms. The molecular weight excluding hydrogens is 252 g/mol. The van der Waals surface area contributed by atoms with Gasteiger partial charge in [-0.3, -0.25) is 4.98 Å². The third kappa shape index (κ3) is 2.13. The summed E-state index contributed by atoms with van der Waals surface area (Å²) in [6.07, 6.45) is 1.49. The number of pyridine rings is 1. The van der Waals surface area contributed by atoms with Crippen molar-refractivity contribution in [1.82, 2.24) is 4.98 Å². The first-order valence-corrected chi connectivity index (χ1v) is 6.02. The maximum absolute atomic E-state index is 9.47. The fourth-order valence-electron chi connectivity index (χ4n) is 1.97. The number of fused-ring (bicyclic) bond motifs is 1. The molecule has 0 bridgehead atoms. The van der Waals surface area contributed by atoms with E-state index in [0.717, 1.165) is 10.9 Å². The number of aromatic hydroxyl groups is 1. The minimum absolute atomic E-state index is 0.111. The second-order valence-electron chi connectivity index (χ2n) is 4.23. The Bertz CT molecular complexity index is 822. The zero-order valence-corrected chi connectivity index (χ0v) is 10.4. The van der Waals surface area contributed by atoms with Gasteiger partial charge in [0.05, 0.1) is 5.52 Å². The number of benzene rings is 2. The highest BCUT2D eigenvalue weighted by Crippen LogP contribution is 2.33. The highest BCUT2D eigenvalue weighted by atomic mass is 16.5. The summed E-state index contributed by atoms with van der Waals surface area (Å²) < 4.78 is 5.77. The second kappa shape index (κ2) is 4.90. The van der Waals surface area contributed by atoms with Crippen molar-refractivity contribution in [3.8, 4) is 23.3 Å². The molecule has 0 fully saturated rings. The molecule has 4 heteroatoms. The van der Waals surface area contributed by atoms with Crippen molar-refractivity contribution >= 4 is 10.9 Å². The minimum Gasteiger partial charge on any atom is -0.508 e. The standard InChI is InChI=1S/C16H10N2O2/c17-9-11-10-18-15-7-2-1-6-14(15)16(11)20-13-5-3-4-12(19)8-13/h1-8,10,19H. The van der Waals surface area contributed by atoms with Gasteiger partial charge in [-0.05, 0) is 24.3 Å². The highest BCUT2D eigenvalue weighted by Gasteiger charge is 2.11. The van der Waals surface area contributed by atoms with Gasteiger partial charge >= 0.3 is 0 Å². The van der Waals surface area contributed by atoms with Crippen molar-refractivity contribution in [2.45, 2.75) is 0 Å². The Morgan fingerprint density at radius 1 is 1.10 bits per heavy atom. The summed E-state index contributed by atoms with van der Waals surface area (Å²) in [4.78, 5) is 4.22. The molecular formula is C16H10N2O2. The van der Waals surface area contributed by atoms with E-state index in [9.17, 15) is 10.4 Å². The molecule has 1 aromatic heterocycles. The van der Waals surface area contributed by atoms with Crippen molar-refractivity contribution in [1.29, 1.82) is 5.26 Å². The largest absolute Gasteiger partial charge is 0.508 e. The molecule has 0 atom stereocenters. The van der Waals surface area contributed by atoms with Crippen LogP contribution in [0.15, 0.2) is 54.7 Å². The lowest BCUT2D eigenvalue weighted by atomic mass is 10.1. The Balaban J connectivity index is 2.17. The average Bonchev–Trinajstić information content (AvgIpc) is 2.48. The molecule has 96 valence electrons. The van der Waals surface area contributed by atoms with E-state index < -0.39 is 0 Å². The SMILES string of the molecule is N#Cc1cnc2ccccc2c1Oc1cccc(O)c1. The summed E-state index contributed by atoms with van der Waals surface area (Å²) in [5.41, 5.74) is 1.11. The first-order valence-electron chi connectivity index (χ1n) is 6.02. The van der Waals surface area contributed by atoms with E-state index in [1.54, 1.807) is 18.2 Å². The zero-order chi connectivity index (χ0) is 13.9. The van der Waals surface area contributed by atoms with Gasteiger partial charge in [0, 0.05) is 17.6 Å². The van der Waals surface area contributed by atoms with Gasteiger partial charge in [0.15, 0.2) is 5.75 Å². The average molecular weight is 262 g/mol. The van der Waals surface area contributed by atoms with Gasteiger partial charge in [0.2, 0.25) is 0 Å². The predicted octanol–water partition coefficient (Wildman–Crippen LogP) is 3.60. The molecule has 0 aliphatic rings. The van der Waals surface area contributed by atoms with Crippen molar-refractivity contribution in [2.75, 3.05) is 0 Å². The number of phenolic OH excluding ortho intramolecular Hbond substituents is 1. The third-order valence-electron chi connectivity index (χ3n) is 2.88. The third-order valence-corrected chi connectivity index (χ3v) is 2.88. The number of nitrogens with zero attached hydrogens (tertiary/aromatic N) is 2. The lowest BCUT2D eigenvalue weighted by molar-refractivity contribution is 0.456. The Labute approximate surface area is 115 Å². The molecule has 2 aromatic carbocycles. The Hall–Kier alpha value is -3.06. The molecule has 0 aliphatic heterocycles. The van der Waals surface area contributed by atoms with E-state index in [2.05, 4.69) is 11.1 Å². The van der Waals surface area contributed by atoms with Crippen LogP contribution in [0.25, 0.3) is 10.9 Å². The number of aromatic nitrogens is 1. The van der Waals surface area contributed by atoms with Crippen molar-refractivity contribution in [3.05, 3.63) is 60.3 Å². The molecule has 1 heterocycles. The highest BCUT2D eigenvalue weighted by molar-refractivity contribution is 5.87. The molecule has 0 saturated carbocycles. The maximum atomic E-state index is 9.47. The number of rotatable bonds is 2. The molecule has 0 spiro atoms. The maximum Gasteiger partial charge on any atom is 0.156 e. The van der Waals surface area contributed by atoms with Crippen molar-refractivity contribution in [2.24, 2.45) is 0 Å². The first-order chi connectivity index (χ1) is 9.78. The van der Waals surface area contributed by atoms with Crippen LogP contribution in [-0.4, -0.2) is 10.1 Å². The molecule has 0 amide bonds. The topological polar surface area (TPSA) is 66.1 Å². The molecule has 3 aromatic rings. The summed E-state index contributed by atoms with van der Waals surface area (Å²) in [5.74, 6) is 1.03. The monoisotopic (exact) mass is 262 g/mol. The molecule has 0 saturated heterocycles. The van der Waals surface area contributed by atoms with Gasteiger partial charge in [-0.1, -0.05) is 18.2 Å². The Morgan fingerprint density at radius 2 is 1.95 bits per heavy atom. The van der Waals surface area contributed by atoms with E-state index >= 15 is 0 Å². The lowest BCUT2D eigenvalue weighted by Crippen LogP contribution is -1.92. The summed E-state index contributed by atoms with van der Waals surface area (Å²) in [7, 11) is 0. The van der Waals surface area contributed by atoms with Crippen molar-refractivity contribution in [3.63, 3.8) is 0 Å². The zero-order valence-electron chi connectivity index (χ0n) is 10.4. The van der Waals surface area contributed by atoms with Crippen LogP contribution in [0.5, 0.6) is 17.2 Å². The van der Waals surface area contributed by atoms with E-state index in [1.807, 2.05) is 24.3 Å². The van der Waals surface area contributed by atoms with Crippen LogP contribution in [-0.2, 0) is 0 Å². The summed E-state index contributed by atoms with van der Waals surface area (Å²) in [6, 6.07) is 16.0. The summed E-state index contributed by atoms with van der Waals surface area (Å²) in [5, 5.41) is 19.4.